The van der Waals surface area contributed by atoms with E-state index >= 15 is 0 Å². The summed E-state index contributed by atoms with van der Waals surface area (Å²) in [5.74, 6) is 0.668. The molecule has 33 heavy (non-hydrogen) atoms. The Morgan fingerprint density at radius 2 is 1.67 bits per heavy atom. The fraction of sp³-hybridized carbons (Fsp3) is 0.292. The third-order valence-corrected chi connectivity index (χ3v) is 5.95. The quantitative estimate of drug-likeness (QED) is 0.664. The zero-order chi connectivity index (χ0) is 22.6. The molecule has 0 saturated carbocycles. The maximum absolute atomic E-state index is 12.6. The van der Waals surface area contributed by atoms with E-state index in [0.29, 0.717) is 37.6 Å². The molecular weight excluding hydrogens is 420 g/mol. The molecule has 0 aliphatic carbocycles. The summed E-state index contributed by atoms with van der Waals surface area (Å²) < 4.78 is 6.10. The predicted octanol–water partition coefficient (Wildman–Crippen LogP) is 3.10. The summed E-state index contributed by atoms with van der Waals surface area (Å²) in [6.45, 7) is 2.39. The molecule has 0 bridgehead atoms. The number of aromatic nitrogens is 3. The van der Waals surface area contributed by atoms with Gasteiger partial charge in [0.2, 0.25) is 0 Å². The Labute approximate surface area is 191 Å². The standard InChI is InChI=1S/C24H24N6O3/c31-23(22-6-10-26-16-27-22)29-11-7-21(8-12-29)33-20-3-1-19(2-4-20)28-24(32)30-14-17-5-9-25-13-18(17)15-30/h1-6,9-10,13,16,21H,7-8,11-12,14-15H2,(H,28,32). The molecule has 2 aliphatic heterocycles. The number of fused-ring (bicyclic) bond motifs is 1. The van der Waals surface area contributed by atoms with Crippen molar-refractivity contribution in [1.29, 1.82) is 0 Å². The fourth-order valence-electron chi connectivity index (χ4n) is 4.13. The van der Waals surface area contributed by atoms with Crippen LogP contribution in [0, 0.1) is 0 Å². The largest absolute Gasteiger partial charge is 0.490 e. The van der Waals surface area contributed by atoms with E-state index in [2.05, 4.69) is 20.3 Å². The number of ether oxygens (including phenoxy) is 1. The van der Waals surface area contributed by atoms with Crippen LogP contribution in [0.25, 0.3) is 0 Å². The van der Waals surface area contributed by atoms with Gasteiger partial charge in [-0.3, -0.25) is 9.78 Å². The summed E-state index contributed by atoms with van der Waals surface area (Å²) >= 11 is 0. The van der Waals surface area contributed by atoms with Crippen molar-refractivity contribution in [3.8, 4) is 5.75 Å². The Morgan fingerprint density at radius 1 is 0.909 bits per heavy atom. The van der Waals surface area contributed by atoms with Crippen molar-refractivity contribution in [1.82, 2.24) is 24.8 Å². The van der Waals surface area contributed by atoms with Crippen molar-refractivity contribution in [3.05, 3.63) is 78.1 Å². The highest BCUT2D eigenvalue weighted by atomic mass is 16.5. The molecule has 9 heteroatoms. The molecule has 0 atom stereocenters. The first kappa shape index (κ1) is 20.9. The van der Waals surface area contributed by atoms with Gasteiger partial charge < -0.3 is 19.9 Å². The van der Waals surface area contributed by atoms with Crippen LogP contribution in [0.1, 0.15) is 34.5 Å². The van der Waals surface area contributed by atoms with Crippen molar-refractivity contribution < 1.29 is 14.3 Å². The number of urea groups is 1. The first-order valence-electron chi connectivity index (χ1n) is 11.0. The summed E-state index contributed by atoms with van der Waals surface area (Å²) in [5.41, 5.74) is 3.35. The van der Waals surface area contributed by atoms with Crippen LogP contribution in [0.4, 0.5) is 10.5 Å². The number of anilines is 1. The number of carbonyl (C=O) groups is 2. The van der Waals surface area contributed by atoms with E-state index in [1.807, 2.05) is 36.5 Å². The summed E-state index contributed by atoms with van der Waals surface area (Å²) in [4.78, 5) is 40.7. The molecule has 4 heterocycles. The number of nitrogens with zero attached hydrogens (tertiary/aromatic N) is 5. The molecule has 0 unspecified atom stereocenters. The highest BCUT2D eigenvalue weighted by Gasteiger charge is 2.26. The van der Waals surface area contributed by atoms with Gasteiger partial charge >= 0.3 is 6.03 Å². The number of piperidine rings is 1. The van der Waals surface area contributed by atoms with E-state index in [0.717, 1.165) is 29.7 Å². The summed E-state index contributed by atoms with van der Waals surface area (Å²) in [6, 6.07) is 10.8. The smallest absolute Gasteiger partial charge is 0.322 e. The highest BCUT2D eigenvalue weighted by Crippen LogP contribution is 2.24. The zero-order valence-electron chi connectivity index (χ0n) is 18.1. The van der Waals surface area contributed by atoms with E-state index in [-0.39, 0.29) is 18.0 Å². The van der Waals surface area contributed by atoms with Gasteiger partial charge in [0.1, 0.15) is 23.9 Å². The Hall–Kier alpha value is -4.01. The normalized spacial score (nSPS) is 15.8. The molecular formula is C24H24N6O3. The monoisotopic (exact) mass is 444 g/mol. The Balaban J connectivity index is 1.10. The number of rotatable bonds is 4. The predicted molar refractivity (Wildman–Crippen MR) is 121 cm³/mol. The van der Waals surface area contributed by atoms with Gasteiger partial charge in [-0.1, -0.05) is 0 Å². The minimum absolute atomic E-state index is 0.0385. The average Bonchev–Trinajstić information content (AvgIpc) is 3.31. The van der Waals surface area contributed by atoms with Crippen LogP contribution in [0.15, 0.2) is 61.3 Å². The number of carbonyl (C=O) groups excluding carboxylic acids is 2. The Bertz CT molecular complexity index is 1110. The number of likely N-dealkylation sites (tertiary alicyclic amines) is 1. The first-order valence-corrected chi connectivity index (χ1v) is 11.0. The van der Waals surface area contributed by atoms with Gasteiger partial charge in [0, 0.05) is 63.3 Å². The maximum Gasteiger partial charge on any atom is 0.322 e. The molecule has 3 amide bonds. The third-order valence-electron chi connectivity index (χ3n) is 5.95. The summed E-state index contributed by atoms with van der Waals surface area (Å²) in [5, 5.41) is 2.94. The number of hydrogen-bond donors (Lipinski definition) is 1. The van der Waals surface area contributed by atoms with Gasteiger partial charge in [-0.05, 0) is 47.5 Å². The number of benzene rings is 1. The number of hydrogen-bond acceptors (Lipinski definition) is 6. The second kappa shape index (κ2) is 9.23. The summed E-state index contributed by atoms with van der Waals surface area (Å²) in [7, 11) is 0. The molecule has 168 valence electrons. The Kier molecular flexibility index (Phi) is 5.84. The van der Waals surface area contributed by atoms with Crippen LogP contribution in [0.2, 0.25) is 0 Å². The molecule has 9 nitrogen and oxygen atoms in total. The molecule has 1 saturated heterocycles. The van der Waals surface area contributed by atoms with Crippen molar-refractivity contribution in [2.45, 2.75) is 32.0 Å². The molecule has 2 aromatic heterocycles. The molecule has 1 fully saturated rings. The molecule has 3 aromatic rings. The lowest BCUT2D eigenvalue weighted by molar-refractivity contribution is 0.0590. The number of pyridine rings is 1. The first-order chi connectivity index (χ1) is 16.2. The highest BCUT2D eigenvalue weighted by molar-refractivity contribution is 5.92. The van der Waals surface area contributed by atoms with Crippen LogP contribution >= 0.6 is 0 Å². The fourth-order valence-corrected chi connectivity index (χ4v) is 4.13. The topological polar surface area (TPSA) is 101 Å². The van der Waals surface area contributed by atoms with Crippen LogP contribution in [0.5, 0.6) is 5.75 Å². The molecule has 1 N–H and O–H groups in total. The SMILES string of the molecule is O=C(Nc1ccc(OC2CCN(C(=O)c3ccncn3)CC2)cc1)N1Cc2ccncc2C1. The van der Waals surface area contributed by atoms with E-state index in [4.69, 9.17) is 4.74 Å². The van der Waals surface area contributed by atoms with E-state index in [1.54, 1.807) is 28.3 Å². The molecule has 5 rings (SSSR count). The van der Waals surface area contributed by atoms with E-state index in [1.165, 1.54) is 6.33 Å². The van der Waals surface area contributed by atoms with E-state index in [9.17, 15) is 9.59 Å². The average molecular weight is 444 g/mol. The number of amides is 3. The van der Waals surface area contributed by atoms with Gasteiger partial charge in [-0.15, -0.1) is 0 Å². The third kappa shape index (κ3) is 4.77. The van der Waals surface area contributed by atoms with Crippen LogP contribution in [-0.2, 0) is 13.1 Å². The molecule has 0 radical (unpaired) electrons. The summed E-state index contributed by atoms with van der Waals surface area (Å²) in [6.07, 6.45) is 8.06. The van der Waals surface area contributed by atoms with Gasteiger partial charge in [0.15, 0.2) is 0 Å². The van der Waals surface area contributed by atoms with Crippen LogP contribution < -0.4 is 10.1 Å². The molecule has 2 aliphatic rings. The lowest BCUT2D eigenvalue weighted by Crippen LogP contribution is -2.42. The van der Waals surface area contributed by atoms with Gasteiger partial charge in [0.25, 0.3) is 5.91 Å². The second-order valence-corrected chi connectivity index (χ2v) is 8.16. The molecule has 0 spiro atoms. The van der Waals surface area contributed by atoms with Gasteiger partial charge in [-0.2, -0.15) is 0 Å². The Morgan fingerprint density at radius 3 is 2.39 bits per heavy atom. The van der Waals surface area contributed by atoms with Crippen molar-refractivity contribution >= 4 is 17.6 Å². The molecule has 1 aromatic carbocycles. The van der Waals surface area contributed by atoms with E-state index < -0.39 is 0 Å². The zero-order valence-corrected chi connectivity index (χ0v) is 18.1. The van der Waals surface area contributed by atoms with Gasteiger partial charge in [0.05, 0.1) is 0 Å². The second-order valence-electron chi connectivity index (χ2n) is 8.16. The van der Waals surface area contributed by atoms with Gasteiger partial charge in [-0.25, -0.2) is 14.8 Å². The van der Waals surface area contributed by atoms with Crippen LogP contribution in [-0.4, -0.2) is 55.9 Å². The maximum atomic E-state index is 12.6. The van der Waals surface area contributed by atoms with Crippen molar-refractivity contribution in [2.75, 3.05) is 18.4 Å². The number of nitrogens with one attached hydrogen (secondary N) is 1. The minimum atomic E-state index is -0.138. The lowest BCUT2D eigenvalue weighted by Gasteiger charge is -2.32. The lowest BCUT2D eigenvalue weighted by atomic mass is 10.1. The van der Waals surface area contributed by atoms with Crippen molar-refractivity contribution in [2.24, 2.45) is 0 Å². The van der Waals surface area contributed by atoms with Crippen molar-refractivity contribution in [3.63, 3.8) is 0 Å². The minimum Gasteiger partial charge on any atom is -0.490 e. The van der Waals surface area contributed by atoms with Crippen LogP contribution in [0.3, 0.4) is 0 Å².